The summed E-state index contributed by atoms with van der Waals surface area (Å²) < 4.78 is 10.7. The van der Waals surface area contributed by atoms with E-state index in [1.807, 2.05) is 44.3 Å². The lowest BCUT2D eigenvalue weighted by atomic mass is 10.1. The van der Waals surface area contributed by atoms with Crippen LogP contribution in [0, 0.1) is 6.92 Å². The van der Waals surface area contributed by atoms with Crippen molar-refractivity contribution in [3.8, 4) is 5.75 Å². The van der Waals surface area contributed by atoms with Crippen LogP contribution in [-0.2, 0) is 13.1 Å². The lowest BCUT2D eigenvalue weighted by molar-refractivity contribution is 0.285. The van der Waals surface area contributed by atoms with Gasteiger partial charge in [-0.25, -0.2) is 0 Å². The van der Waals surface area contributed by atoms with Crippen molar-refractivity contribution in [1.29, 1.82) is 0 Å². The zero-order chi connectivity index (χ0) is 13.8. The normalized spacial score (nSPS) is 10.9. The van der Waals surface area contributed by atoms with Crippen molar-refractivity contribution in [2.75, 3.05) is 19.9 Å². The number of hydrogen-bond donors (Lipinski definition) is 1. The van der Waals surface area contributed by atoms with E-state index in [9.17, 15) is 0 Å². The van der Waals surface area contributed by atoms with E-state index in [1.54, 1.807) is 7.11 Å². The van der Waals surface area contributed by atoms with Crippen molar-refractivity contribution in [2.24, 2.45) is 0 Å². The molecule has 2 rings (SSSR count). The van der Waals surface area contributed by atoms with Crippen LogP contribution in [0.5, 0.6) is 5.75 Å². The van der Waals surface area contributed by atoms with Crippen molar-refractivity contribution in [3.63, 3.8) is 0 Å². The number of anilines is 1. The summed E-state index contributed by atoms with van der Waals surface area (Å²) in [5.41, 5.74) is 7.85. The molecule has 102 valence electrons. The van der Waals surface area contributed by atoms with Gasteiger partial charge in [-0.3, -0.25) is 4.90 Å². The van der Waals surface area contributed by atoms with E-state index in [-0.39, 0.29) is 0 Å². The van der Waals surface area contributed by atoms with Crippen LogP contribution < -0.4 is 10.5 Å². The quantitative estimate of drug-likeness (QED) is 0.840. The third-order valence-electron chi connectivity index (χ3n) is 3.02. The standard InChI is InChI=1S/C15H20N2O2/c1-11-4-6-14(19-11)10-17(2)9-12-5-7-13(18-3)8-15(12)16/h4-8H,9-10,16H2,1-3H3. The summed E-state index contributed by atoms with van der Waals surface area (Å²) in [7, 11) is 3.68. The molecule has 4 nitrogen and oxygen atoms in total. The molecule has 0 bridgehead atoms. The van der Waals surface area contributed by atoms with E-state index in [0.29, 0.717) is 0 Å². The van der Waals surface area contributed by atoms with Crippen LogP contribution in [0.2, 0.25) is 0 Å². The van der Waals surface area contributed by atoms with Gasteiger partial charge < -0.3 is 14.9 Å². The van der Waals surface area contributed by atoms with Gasteiger partial charge in [0.1, 0.15) is 17.3 Å². The first-order chi connectivity index (χ1) is 9.08. The van der Waals surface area contributed by atoms with Crippen LogP contribution in [-0.4, -0.2) is 19.1 Å². The van der Waals surface area contributed by atoms with Crippen LogP contribution >= 0.6 is 0 Å². The van der Waals surface area contributed by atoms with Gasteiger partial charge in [0.25, 0.3) is 0 Å². The maximum Gasteiger partial charge on any atom is 0.120 e. The van der Waals surface area contributed by atoms with E-state index in [2.05, 4.69) is 4.90 Å². The molecule has 0 aliphatic heterocycles. The van der Waals surface area contributed by atoms with Crippen LogP contribution in [0.25, 0.3) is 0 Å². The lowest BCUT2D eigenvalue weighted by Gasteiger charge is -2.17. The minimum atomic E-state index is 0.752. The summed E-state index contributed by atoms with van der Waals surface area (Å²) >= 11 is 0. The highest BCUT2D eigenvalue weighted by molar-refractivity contribution is 5.51. The predicted molar refractivity (Wildman–Crippen MR) is 76.0 cm³/mol. The fraction of sp³-hybridized carbons (Fsp3) is 0.333. The van der Waals surface area contributed by atoms with Gasteiger partial charge in [0.2, 0.25) is 0 Å². The molecule has 1 heterocycles. The summed E-state index contributed by atoms with van der Waals surface area (Å²) in [6.45, 7) is 3.49. The molecule has 0 saturated heterocycles. The number of nitrogens with two attached hydrogens (primary N) is 1. The molecule has 1 aromatic heterocycles. The first-order valence-electron chi connectivity index (χ1n) is 6.24. The van der Waals surface area contributed by atoms with Gasteiger partial charge >= 0.3 is 0 Å². The first-order valence-corrected chi connectivity index (χ1v) is 6.24. The van der Waals surface area contributed by atoms with Crippen molar-refractivity contribution < 1.29 is 9.15 Å². The van der Waals surface area contributed by atoms with Gasteiger partial charge in [-0.1, -0.05) is 6.07 Å². The molecule has 1 aromatic carbocycles. The van der Waals surface area contributed by atoms with Gasteiger partial charge in [-0.15, -0.1) is 0 Å². The number of rotatable bonds is 5. The molecule has 4 heteroatoms. The first kappa shape index (κ1) is 13.5. The highest BCUT2D eigenvalue weighted by atomic mass is 16.5. The summed E-state index contributed by atoms with van der Waals surface area (Å²) in [6, 6.07) is 9.75. The topological polar surface area (TPSA) is 51.6 Å². The molecule has 0 unspecified atom stereocenters. The average molecular weight is 260 g/mol. The van der Waals surface area contributed by atoms with Crippen molar-refractivity contribution in [1.82, 2.24) is 4.90 Å². The summed E-state index contributed by atoms with van der Waals surface area (Å²) in [5.74, 6) is 2.69. The van der Waals surface area contributed by atoms with E-state index in [4.69, 9.17) is 14.9 Å². The molecule has 0 atom stereocenters. The molecule has 2 aromatic rings. The smallest absolute Gasteiger partial charge is 0.120 e. The third-order valence-corrected chi connectivity index (χ3v) is 3.02. The molecule has 0 radical (unpaired) electrons. The fourth-order valence-electron chi connectivity index (χ4n) is 2.03. The summed E-state index contributed by atoms with van der Waals surface area (Å²) in [6.07, 6.45) is 0. The average Bonchev–Trinajstić information content (AvgIpc) is 2.77. The Hall–Kier alpha value is -1.94. The Labute approximate surface area is 113 Å². The largest absolute Gasteiger partial charge is 0.497 e. The van der Waals surface area contributed by atoms with Crippen LogP contribution in [0.15, 0.2) is 34.7 Å². The molecule has 0 aliphatic carbocycles. The molecule has 0 fully saturated rings. The van der Waals surface area contributed by atoms with E-state index in [1.165, 1.54) is 0 Å². The minimum Gasteiger partial charge on any atom is -0.497 e. The second-order valence-electron chi connectivity index (χ2n) is 4.75. The highest BCUT2D eigenvalue weighted by Crippen LogP contribution is 2.21. The maximum atomic E-state index is 6.01. The molecule has 2 N–H and O–H groups in total. The Kier molecular flexibility index (Phi) is 4.12. The minimum absolute atomic E-state index is 0.752. The Bertz CT molecular complexity index is 549. The highest BCUT2D eigenvalue weighted by Gasteiger charge is 2.07. The summed E-state index contributed by atoms with van der Waals surface area (Å²) in [4.78, 5) is 2.16. The van der Waals surface area contributed by atoms with Gasteiger partial charge in [-0.2, -0.15) is 0 Å². The van der Waals surface area contributed by atoms with Crippen LogP contribution in [0.3, 0.4) is 0 Å². The SMILES string of the molecule is COc1ccc(CN(C)Cc2ccc(C)o2)c(N)c1. The molecule has 0 aliphatic rings. The van der Waals surface area contributed by atoms with Gasteiger partial charge in [-0.05, 0) is 37.7 Å². The molecule has 19 heavy (non-hydrogen) atoms. The Morgan fingerprint density at radius 1 is 1.21 bits per heavy atom. The number of benzene rings is 1. The van der Waals surface area contributed by atoms with Crippen molar-refractivity contribution in [3.05, 3.63) is 47.4 Å². The Morgan fingerprint density at radius 2 is 2.00 bits per heavy atom. The Morgan fingerprint density at radius 3 is 2.58 bits per heavy atom. The van der Waals surface area contributed by atoms with Gasteiger partial charge in [0.15, 0.2) is 0 Å². The number of nitrogen functional groups attached to an aromatic ring is 1. The van der Waals surface area contributed by atoms with Gasteiger partial charge in [0, 0.05) is 18.3 Å². The Balaban J connectivity index is 2.00. The third kappa shape index (κ3) is 3.51. The maximum absolute atomic E-state index is 6.01. The predicted octanol–water partition coefficient (Wildman–Crippen LogP) is 2.81. The molecular weight excluding hydrogens is 240 g/mol. The second kappa shape index (κ2) is 5.80. The van der Waals surface area contributed by atoms with Crippen molar-refractivity contribution >= 4 is 5.69 Å². The van der Waals surface area contributed by atoms with Crippen LogP contribution in [0.1, 0.15) is 17.1 Å². The molecule has 0 spiro atoms. The van der Waals surface area contributed by atoms with E-state index in [0.717, 1.165) is 41.6 Å². The number of nitrogens with zero attached hydrogens (tertiary/aromatic N) is 1. The summed E-state index contributed by atoms with van der Waals surface area (Å²) in [5, 5.41) is 0. The van der Waals surface area contributed by atoms with Gasteiger partial charge in [0.05, 0.1) is 13.7 Å². The molecule has 0 saturated carbocycles. The number of furan rings is 1. The number of hydrogen-bond acceptors (Lipinski definition) is 4. The second-order valence-corrected chi connectivity index (χ2v) is 4.75. The van der Waals surface area contributed by atoms with E-state index >= 15 is 0 Å². The molecule has 0 amide bonds. The molecular formula is C15H20N2O2. The lowest BCUT2D eigenvalue weighted by Crippen LogP contribution is -2.17. The van der Waals surface area contributed by atoms with E-state index < -0.39 is 0 Å². The zero-order valence-corrected chi connectivity index (χ0v) is 11.6. The number of methoxy groups -OCH3 is 1. The van der Waals surface area contributed by atoms with Crippen LogP contribution in [0.4, 0.5) is 5.69 Å². The zero-order valence-electron chi connectivity index (χ0n) is 11.6. The monoisotopic (exact) mass is 260 g/mol. The van der Waals surface area contributed by atoms with Crippen molar-refractivity contribution in [2.45, 2.75) is 20.0 Å². The number of aryl methyl sites for hydroxylation is 1. The number of ether oxygens (including phenoxy) is 1. The fourth-order valence-corrected chi connectivity index (χ4v) is 2.03.